The highest BCUT2D eigenvalue weighted by molar-refractivity contribution is 5.85. The molecule has 1 saturated heterocycles. The maximum Gasteiger partial charge on any atom is 0.234 e. The molecule has 0 aromatic heterocycles. The van der Waals surface area contributed by atoms with Gasteiger partial charge in [0.05, 0.1) is 17.3 Å². The maximum atomic E-state index is 11.2. The Labute approximate surface area is 160 Å². The molecule has 2 atom stereocenters. The average Bonchev–Trinajstić information content (AvgIpc) is 3.10. The summed E-state index contributed by atoms with van der Waals surface area (Å²) in [7, 11) is 0. The predicted octanol–water partition coefficient (Wildman–Crippen LogP) is 2.69. The van der Waals surface area contributed by atoms with Crippen LogP contribution >= 0.6 is 12.4 Å². The Hall–Kier alpha value is -2.55. The zero-order chi connectivity index (χ0) is 17.8. The number of amides is 1. The van der Waals surface area contributed by atoms with Crippen LogP contribution in [0.3, 0.4) is 0 Å². The van der Waals surface area contributed by atoms with Gasteiger partial charge < -0.3 is 16.0 Å². The van der Waals surface area contributed by atoms with Crippen LogP contribution in [0.25, 0.3) is 11.1 Å². The van der Waals surface area contributed by atoms with E-state index < -0.39 is 0 Å². The second-order valence-electron chi connectivity index (χ2n) is 6.43. The fraction of sp³-hybridized carbons (Fsp3) is 0.300. The Kier molecular flexibility index (Phi) is 6.62. The highest BCUT2D eigenvalue weighted by Crippen LogP contribution is 2.30. The fourth-order valence-corrected chi connectivity index (χ4v) is 3.25. The molecule has 2 aromatic carbocycles. The molecular weight excluding hydrogens is 348 g/mol. The Morgan fingerprint density at radius 1 is 1.27 bits per heavy atom. The van der Waals surface area contributed by atoms with Crippen LogP contribution < -0.4 is 16.0 Å². The van der Waals surface area contributed by atoms with Crippen LogP contribution in [-0.2, 0) is 4.79 Å². The molecule has 0 unspecified atom stereocenters. The fourth-order valence-electron chi connectivity index (χ4n) is 3.25. The molecule has 0 bridgehead atoms. The summed E-state index contributed by atoms with van der Waals surface area (Å²) in [5, 5.41) is 12.7. The Bertz CT molecular complexity index is 803. The van der Waals surface area contributed by atoms with E-state index in [0.717, 1.165) is 36.3 Å². The van der Waals surface area contributed by atoms with Gasteiger partial charge in [-0.2, -0.15) is 5.26 Å². The average molecular weight is 371 g/mol. The predicted molar refractivity (Wildman–Crippen MR) is 106 cm³/mol. The number of hydrogen-bond donors (Lipinski definition) is 2. The molecule has 136 valence electrons. The summed E-state index contributed by atoms with van der Waals surface area (Å²) in [6, 6.07) is 18.2. The number of primary amides is 1. The van der Waals surface area contributed by atoms with Crippen LogP contribution in [0.4, 0.5) is 5.69 Å². The number of nitrogens with two attached hydrogens (primary N) is 1. The second-order valence-corrected chi connectivity index (χ2v) is 6.43. The molecule has 1 amide bonds. The van der Waals surface area contributed by atoms with Gasteiger partial charge >= 0.3 is 0 Å². The van der Waals surface area contributed by atoms with Gasteiger partial charge in [0, 0.05) is 19.1 Å². The quantitative estimate of drug-likeness (QED) is 0.847. The normalized spacial score (nSPS) is 17.2. The Balaban J connectivity index is 0.00000243. The monoisotopic (exact) mass is 370 g/mol. The van der Waals surface area contributed by atoms with Gasteiger partial charge in [-0.1, -0.05) is 36.4 Å². The molecule has 6 heteroatoms. The van der Waals surface area contributed by atoms with E-state index in [1.54, 1.807) is 6.92 Å². The van der Waals surface area contributed by atoms with Crippen molar-refractivity contribution in [2.75, 3.05) is 18.0 Å². The first-order valence-corrected chi connectivity index (χ1v) is 8.48. The molecule has 0 spiro atoms. The van der Waals surface area contributed by atoms with Crippen molar-refractivity contribution in [2.24, 2.45) is 5.73 Å². The number of hydrogen-bond acceptors (Lipinski definition) is 4. The molecule has 2 aromatic rings. The largest absolute Gasteiger partial charge is 0.369 e. The van der Waals surface area contributed by atoms with Gasteiger partial charge in [0.2, 0.25) is 5.91 Å². The van der Waals surface area contributed by atoms with E-state index in [1.165, 1.54) is 0 Å². The number of nitriles is 1. The molecule has 3 rings (SSSR count). The number of nitrogens with one attached hydrogen (secondary N) is 1. The summed E-state index contributed by atoms with van der Waals surface area (Å²) < 4.78 is 0. The Morgan fingerprint density at radius 3 is 2.65 bits per heavy atom. The molecule has 5 nitrogen and oxygen atoms in total. The van der Waals surface area contributed by atoms with E-state index in [-0.39, 0.29) is 30.4 Å². The van der Waals surface area contributed by atoms with Gasteiger partial charge in [-0.15, -0.1) is 12.4 Å². The van der Waals surface area contributed by atoms with Gasteiger partial charge in [-0.25, -0.2) is 0 Å². The van der Waals surface area contributed by atoms with E-state index in [9.17, 15) is 10.1 Å². The van der Waals surface area contributed by atoms with Crippen LogP contribution in [0, 0.1) is 11.3 Å². The molecule has 1 aliphatic rings. The van der Waals surface area contributed by atoms with E-state index in [0.29, 0.717) is 5.56 Å². The summed E-state index contributed by atoms with van der Waals surface area (Å²) in [6.07, 6.45) is 0.915. The lowest BCUT2D eigenvalue weighted by Gasteiger charge is -2.22. The molecule has 0 radical (unpaired) electrons. The molecule has 3 N–H and O–H groups in total. The molecule has 0 saturated carbocycles. The van der Waals surface area contributed by atoms with Gasteiger partial charge in [0.15, 0.2) is 0 Å². The number of rotatable bonds is 5. The molecule has 1 heterocycles. The summed E-state index contributed by atoms with van der Waals surface area (Å²) >= 11 is 0. The van der Waals surface area contributed by atoms with Crippen molar-refractivity contribution in [3.8, 4) is 17.2 Å². The first-order chi connectivity index (χ1) is 12.1. The summed E-state index contributed by atoms with van der Waals surface area (Å²) in [4.78, 5) is 13.4. The van der Waals surface area contributed by atoms with Gasteiger partial charge in [0.1, 0.15) is 6.07 Å². The first-order valence-electron chi connectivity index (χ1n) is 8.48. The minimum atomic E-state index is -0.351. The van der Waals surface area contributed by atoms with Crippen LogP contribution in [-0.4, -0.2) is 31.1 Å². The zero-order valence-electron chi connectivity index (χ0n) is 14.7. The Morgan fingerprint density at radius 2 is 2.00 bits per heavy atom. The number of carbonyl (C=O) groups is 1. The van der Waals surface area contributed by atoms with Crippen molar-refractivity contribution in [3.63, 3.8) is 0 Å². The molecule has 1 aliphatic heterocycles. The third-order valence-corrected chi connectivity index (χ3v) is 4.67. The third-order valence-electron chi connectivity index (χ3n) is 4.67. The van der Waals surface area contributed by atoms with Crippen molar-refractivity contribution in [1.29, 1.82) is 5.26 Å². The van der Waals surface area contributed by atoms with E-state index in [4.69, 9.17) is 5.73 Å². The molecule has 1 fully saturated rings. The first kappa shape index (κ1) is 19.8. The summed E-state index contributed by atoms with van der Waals surface area (Å²) in [5.41, 5.74) is 9.17. The number of carbonyl (C=O) groups excluding carboxylic acids is 1. The van der Waals surface area contributed by atoms with Crippen LogP contribution in [0.15, 0.2) is 48.5 Å². The van der Waals surface area contributed by atoms with Crippen molar-refractivity contribution in [2.45, 2.75) is 25.4 Å². The van der Waals surface area contributed by atoms with Crippen molar-refractivity contribution in [3.05, 3.63) is 54.1 Å². The smallest absolute Gasteiger partial charge is 0.234 e. The number of anilines is 1. The lowest BCUT2D eigenvalue weighted by molar-refractivity contribution is -0.119. The third kappa shape index (κ3) is 4.34. The van der Waals surface area contributed by atoms with Crippen LogP contribution in [0.2, 0.25) is 0 Å². The maximum absolute atomic E-state index is 11.2. The number of benzene rings is 2. The molecule has 0 aliphatic carbocycles. The van der Waals surface area contributed by atoms with Crippen LogP contribution in [0.1, 0.15) is 18.9 Å². The van der Waals surface area contributed by atoms with E-state index in [1.807, 2.05) is 30.3 Å². The van der Waals surface area contributed by atoms with E-state index in [2.05, 4.69) is 34.5 Å². The number of halogens is 1. The van der Waals surface area contributed by atoms with Crippen molar-refractivity contribution >= 4 is 24.0 Å². The van der Waals surface area contributed by atoms with Gasteiger partial charge in [-0.05, 0) is 36.6 Å². The number of nitrogens with zero attached hydrogens (tertiary/aromatic N) is 2. The highest BCUT2D eigenvalue weighted by Gasteiger charge is 2.26. The summed E-state index contributed by atoms with van der Waals surface area (Å²) in [6.45, 7) is 3.38. The van der Waals surface area contributed by atoms with Crippen molar-refractivity contribution in [1.82, 2.24) is 5.32 Å². The highest BCUT2D eigenvalue weighted by atomic mass is 35.5. The lowest BCUT2D eigenvalue weighted by Crippen LogP contribution is -2.45. The van der Waals surface area contributed by atoms with Gasteiger partial charge in [0.25, 0.3) is 0 Å². The van der Waals surface area contributed by atoms with Crippen LogP contribution in [0.5, 0.6) is 0 Å². The second kappa shape index (κ2) is 8.70. The van der Waals surface area contributed by atoms with E-state index >= 15 is 0 Å². The van der Waals surface area contributed by atoms with Crippen molar-refractivity contribution < 1.29 is 4.79 Å². The lowest BCUT2D eigenvalue weighted by atomic mass is 10.0. The SMILES string of the molecule is C[C@H](N[C@H]1CCN(c2cc(-c3ccccc3)ccc2C#N)C1)C(N)=O.Cl. The zero-order valence-corrected chi connectivity index (χ0v) is 15.5. The molecular formula is C20H23ClN4O. The van der Waals surface area contributed by atoms with Gasteiger partial charge in [-0.3, -0.25) is 4.79 Å². The summed E-state index contributed by atoms with van der Waals surface area (Å²) in [5.74, 6) is -0.345. The minimum absolute atomic E-state index is 0. The minimum Gasteiger partial charge on any atom is -0.369 e. The molecule has 26 heavy (non-hydrogen) atoms. The standard InChI is InChI=1S/C20H22N4O.ClH/c1-14(20(22)25)23-18-9-10-24(13-18)19-11-16(7-8-17(19)12-21)15-5-3-2-4-6-15;/h2-8,11,14,18,23H,9-10,13H2,1H3,(H2,22,25);1H/t14-,18-;/m0./s1. The topological polar surface area (TPSA) is 82.2 Å².